The second-order valence-corrected chi connectivity index (χ2v) is 6.99. The van der Waals surface area contributed by atoms with Gasteiger partial charge >= 0.3 is 0 Å². The summed E-state index contributed by atoms with van der Waals surface area (Å²) in [6, 6.07) is 7.24. The molecule has 136 valence electrons. The van der Waals surface area contributed by atoms with Crippen LogP contribution >= 0.6 is 0 Å². The Morgan fingerprint density at radius 1 is 1.19 bits per heavy atom. The summed E-state index contributed by atoms with van der Waals surface area (Å²) in [6.45, 7) is 2.56. The fourth-order valence-corrected chi connectivity index (χ4v) is 3.47. The van der Waals surface area contributed by atoms with Crippen molar-refractivity contribution in [3.63, 3.8) is 0 Å². The quantitative estimate of drug-likeness (QED) is 0.908. The van der Waals surface area contributed by atoms with Gasteiger partial charge in [-0.15, -0.1) is 0 Å². The molecule has 3 heterocycles. The Morgan fingerprint density at radius 2 is 2.08 bits per heavy atom. The van der Waals surface area contributed by atoms with Crippen LogP contribution in [-0.2, 0) is 24.4 Å². The predicted molar refractivity (Wildman–Crippen MR) is 95.0 cm³/mol. The number of nitrogens with one attached hydrogen (secondary N) is 1. The maximum atomic E-state index is 12.6. The van der Waals surface area contributed by atoms with Crippen molar-refractivity contribution in [1.82, 2.24) is 25.0 Å². The van der Waals surface area contributed by atoms with Crippen molar-refractivity contribution in [3.05, 3.63) is 47.5 Å². The van der Waals surface area contributed by atoms with E-state index in [-0.39, 0.29) is 17.7 Å². The van der Waals surface area contributed by atoms with Crippen molar-refractivity contribution in [2.45, 2.75) is 45.3 Å². The third kappa shape index (κ3) is 3.47. The lowest BCUT2D eigenvalue weighted by Gasteiger charge is -2.30. The van der Waals surface area contributed by atoms with Crippen molar-refractivity contribution in [3.8, 4) is 0 Å². The van der Waals surface area contributed by atoms with Crippen LogP contribution in [0.15, 0.2) is 30.5 Å². The molecule has 2 aromatic heterocycles. The Morgan fingerprint density at radius 3 is 2.81 bits per heavy atom. The van der Waals surface area contributed by atoms with E-state index >= 15 is 0 Å². The average Bonchev–Trinajstić information content (AvgIpc) is 2.89. The molecular weight excluding hydrogens is 330 g/mol. The second kappa shape index (κ2) is 7.27. The van der Waals surface area contributed by atoms with E-state index in [4.69, 9.17) is 0 Å². The molecule has 4 rings (SSSR count). The lowest BCUT2D eigenvalue weighted by atomic mass is 9.84. The molecule has 2 aliphatic rings. The summed E-state index contributed by atoms with van der Waals surface area (Å²) in [6.07, 6.45) is 5.73. The molecule has 0 atom stereocenters. The molecule has 1 saturated carbocycles. The highest BCUT2D eigenvalue weighted by Gasteiger charge is 2.30. The zero-order chi connectivity index (χ0) is 17.9. The fraction of sp³-hybridized carbons (Fsp3) is 0.474. The molecule has 2 aromatic rings. The third-order valence-corrected chi connectivity index (χ3v) is 5.16. The van der Waals surface area contributed by atoms with Gasteiger partial charge in [-0.05, 0) is 37.5 Å². The number of carbonyl (C=O) groups is 2. The minimum atomic E-state index is -0.212. The Labute approximate surface area is 152 Å². The van der Waals surface area contributed by atoms with Gasteiger partial charge in [-0.3, -0.25) is 19.3 Å². The lowest BCUT2D eigenvalue weighted by molar-refractivity contribution is -0.138. The lowest BCUT2D eigenvalue weighted by Crippen LogP contribution is -2.38. The molecule has 0 radical (unpaired) electrons. The van der Waals surface area contributed by atoms with Gasteiger partial charge in [0.1, 0.15) is 5.69 Å². The summed E-state index contributed by atoms with van der Waals surface area (Å²) >= 11 is 0. The van der Waals surface area contributed by atoms with E-state index < -0.39 is 0 Å². The van der Waals surface area contributed by atoms with Gasteiger partial charge in [0.05, 0.1) is 24.5 Å². The van der Waals surface area contributed by atoms with Gasteiger partial charge in [-0.1, -0.05) is 12.5 Å². The molecule has 1 fully saturated rings. The van der Waals surface area contributed by atoms with E-state index in [9.17, 15) is 9.59 Å². The molecule has 0 spiro atoms. The Bertz CT molecular complexity index is 798. The number of aryl methyl sites for hydroxylation is 1. The molecule has 0 bridgehead atoms. The van der Waals surface area contributed by atoms with E-state index in [1.54, 1.807) is 24.4 Å². The maximum Gasteiger partial charge on any atom is 0.270 e. The maximum absolute atomic E-state index is 12.6. The summed E-state index contributed by atoms with van der Waals surface area (Å²) in [5.41, 5.74) is 2.24. The monoisotopic (exact) mass is 353 g/mol. The van der Waals surface area contributed by atoms with Crippen LogP contribution in [-0.4, -0.2) is 38.0 Å². The van der Waals surface area contributed by atoms with Crippen LogP contribution in [0.4, 0.5) is 0 Å². The molecule has 7 heteroatoms. The number of hydrogen-bond donors (Lipinski definition) is 1. The largest absolute Gasteiger partial charge is 0.345 e. The second-order valence-electron chi connectivity index (χ2n) is 6.99. The topological polar surface area (TPSA) is 80.1 Å². The van der Waals surface area contributed by atoms with Gasteiger partial charge < -0.3 is 10.2 Å². The summed E-state index contributed by atoms with van der Waals surface area (Å²) in [7, 11) is 0. The summed E-state index contributed by atoms with van der Waals surface area (Å²) in [5, 5.41) is 7.45. The number of carbonyl (C=O) groups excluding carboxylic acids is 2. The van der Waals surface area contributed by atoms with Crippen LogP contribution in [0, 0.1) is 5.92 Å². The van der Waals surface area contributed by atoms with Gasteiger partial charge in [0.2, 0.25) is 5.91 Å². The Kier molecular flexibility index (Phi) is 4.69. The molecule has 0 aromatic carbocycles. The highest BCUT2D eigenvalue weighted by Crippen LogP contribution is 2.29. The van der Waals surface area contributed by atoms with Crippen molar-refractivity contribution in [2.24, 2.45) is 5.92 Å². The van der Waals surface area contributed by atoms with Crippen molar-refractivity contribution in [1.29, 1.82) is 0 Å². The molecule has 2 amide bonds. The highest BCUT2D eigenvalue weighted by molar-refractivity contribution is 5.92. The fourth-order valence-electron chi connectivity index (χ4n) is 3.47. The number of hydrogen-bond acceptors (Lipinski definition) is 4. The van der Waals surface area contributed by atoms with Crippen molar-refractivity contribution >= 4 is 11.8 Å². The van der Waals surface area contributed by atoms with E-state index in [2.05, 4.69) is 15.4 Å². The molecule has 0 unspecified atom stereocenters. The Hall–Kier alpha value is -2.70. The first kappa shape index (κ1) is 16.8. The summed E-state index contributed by atoms with van der Waals surface area (Å²) < 4.78 is 1.97. The number of rotatable bonds is 4. The van der Waals surface area contributed by atoms with Crippen LogP contribution in [0.5, 0.6) is 0 Å². The van der Waals surface area contributed by atoms with E-state index in [1.165, 1.54) is 6.42 Å². The SMILES string of the molecule is O=C(NCc1cc2n(n1)CCCN(C(=O)C1CCC1)C2)c1ccccn1. The first-order valence-electron chi connectivity index (χ1n) is 9.24. The van der Waals surface area contributed by atoms with Gasteiger partial charge in [0.15, 0.2) is 0 Å². The summed E-state index contributed by atoms with van der Waals surface area (Å²) in [4.78, 5) is 30.7. The number of aromatic nitrogens is 3. The number of pyridine rings is 1. The number of fused-ring (bicyclic) bond motifs is 1. The zero-order valence-electron chi connectivity index (χ0n) is 14.7. The molecule has 1 aliphatic heterocycles. The Balaban J connectivity index is 1.40. The molecule has 26 heavy (non-hydrogen) atoms. The van der Waals surface area contributed by atoms with Crippen LogP contribution in [0.1, 0.15) is 47.6 Å². The van der Waals surface area contributed by atoms with Crippen LogP contribution in [0.3, 0.4) is 0 Å². The van der Waals surface area contributed by atoms with Gasteiger partial charge in [0, 0.05) is 25.2 Å². The van der Waals surface area contributed by atoms with E-state index in [1.807, 2.05) is 15.6 Å². The molecule has 0 saturated heterocycles. The zero-order valence-corrected chi connectivity index (χ0v) is 14.7. The smallest absolute Gasteiger partial charge is 0.270 e. The molecule has 1 aliphatic carbocycles. The van der Waals surface area contributed by atoms with Crippen molar-refractivity contribution in [2.75, 3.05) is 6.54 Å². The first-order valence-corrected chi connectivity index (χ1v) is 9.24. The standard InChI is InChI=1S/C19H23N5O2/c25-18(17-7-1-2-8-20-17)21-12-15-11-16-13-23(9-4-10-24(16)22-15)19(26)14-5-3-6-14/h1-2,7-8,11,14H,3-6,9-10,12-13H2,(H,21,25). The van der Waals surface area contributed by atoms with Gasteiger partial charge in [-0.25, -0.2) is 0 Å². The predicted octanol–water partition coefficient (Wildman–Crippen LogP) is 1.74. The normalized spacial score (nSPS) is 17.2. The molecule has 7 nitrogen and oxygen atoms in total. The number of amides is 2. The van der Waals surface area contributed by atoms with Crippen molar-refractivity contribution < 1.29 is 9.59 Å². The molecule has 1 N–H and O–H groups in total. The van der Waals surface area contributed by atoms with Crippen LogP contribution in [0.2, 0.25) is 0 Å². The first-order chi connectivity index (χ1) is 12.7. The van der Waals surface area contributed by atoms with Crippen LogP contribution in [0.25, 0.3) is 0 Å². The number of nitrogens with zero attached hydrogens (tertiary/aromatic N) is 4. The van der Waals surface area contributed by atoms with Gasteiger partial charge in [-0.2, -0.15) is 5.10 Å². The third-order valence-electron chi connectivity index (χ3n) is 5.16. The van der Waals surface area contributed by atoms with Gasteiger partial charge in [0.25, 0.3) is 5.91 Å². The average molecular weight is 353 g/mol. The van der Waals surface area contributed by atoms with E-state index in [0.29, 0.717) is 18.8 Å². The molecular formula is C19H23N5O2. The van der Waals surface area contributed by atoms with Crippen LogP contribution < -0.4 is 5.32 Å². The minimum absolute atomic E-state index is 0.212. The minimum Gasteiger partial charge on any atom is -0.345 e. The summed E-state index contributed by atoms with van der Waals surface area (Å²) in [5.74, 6) is 0.299. The highest BCUT2D eigenvalue weighted by atomic mass is 16.2. The van der Waals surface area contributed by atoms with E-state index in [0.717, 1.165) is 43.7 Å².